The van der Waals surface area contributed by atoms with Crippen molar-refractivity contribution < 1.29 is 0 Å². The molecule has 0 fully saturated rings. The molecule has 0 spiro atoms. The third-order valence-electron chi connectivity index (χ3n) is 12.5. The highest BCUT2D eigenvalue weighted by Gasteiger charge is 2.27. The molecule has 14 aromatic rings. The highest BCUT2D eigenvalue weighted by molar-refractivity contribution is 6.39. The predicted molar refractivity (Wildman–Crippen MR) is 231 cm³/mol. The molecule has 0 saturated heterocycles. The van der Waals surface area contributed by atoms with Crippen LogP contribution in [-0.2, 0) is 0 Å². The third kappa shape index (κ3) is 3.29. The number of benzene rings is 8. The highest BCUT2D eigenvalue weighted by Crippen LogP contribution is 2.49. The van der Waals surface area contributed by atoms with Crippen molar-refractivity contribution in [1.29, 1.82) is 0 Å². The van der Waals surface area contributed by atoms with E-state index in [-0.39, 0.29) is 0 Å². The molecule has 0 saturated carbocycles. The molecule has 4 heteroatoms. The number of rotatable bonds is 2. The van der Waals surface area contributed by atoms with Gasteiger partial charge in [-0.05, 0) is 58.8 Å². The lowest BCUT2D eigenvalue weighted by Crippen LogP contribution is -1.93. The van der Waals surface area contributed by atoms with E-state index in [4.69, 9.17) is 4.98 Å². The molecule has 8 aromatic carbocycles. The van der Waals surface area contributed by atoms with Crippen LogP contribution >= 0.6 is 0 Å². The maximum absolute atomic E-state index is 5.46. The lowest BCUT2D eigenvalue weighted by molar-refractivity contribution is 1.18. The quantitative estimate of drug-likeness (QED) is 0.177. The van der Waals surface area contributed by atoms with Gasteiger partial charge in [0.25, 0.3) is 0 Å². The van der Waals surface area contributed by atoms with E-state index in [2.05, 4.69) is 183 Å². The summed E-state index contributed by atoms with van der Waals surface area (Å²) in [4.78, 5) is 5.46. The predicted octanol–water partition coefficient (Wildman–Crippen LogP) is 13.3. The van der Waals surface area contributed by atoms with Crippen molar-refractivity contribution in [2.24, 2.45) is 0 Å². The molecule has 0 aliphatic carbocycles. The summed E-state index contributed by atoms with van der Waals surface area (Å²) in [5.74, 6) is 0. The van der Waals surface area contributed by atoms with Crippen LogP contribution in [0.3, 0.4) is 0 Å². The first-order valence-corrected chi connectivity index (χ1v) is 19.0. The number of nitrogens with zero attached hydrogens (tertiary/aromatic N) is 4. The molecule has 252 valence electrons. The zero-order valence-electron chi connectivity index (χ0n) is 29.5. The molecule has 0 bridgehead atoms. The van der Waals surface area contributed by atoms with Gasteiger partial charge in [0.2, 0.25) is 0 Å². The van der Waals surface area contributed by atoms with E-state index >= 15 is 0 Å². The number of para-hydroxylation sites is 5. The molecule has 0 unspecified atom stereocenters. The summed E-state index contributed by atoms with van der Waals surface area (Å²) in [6.07, 6.45) is 2.12. The Morgan fingerprint density at radius 2 is 1.04 bits per heavy atom. The molecule has 4 nitrogen and oxygen atoms in total. The van der Waals surface area contributed by atoms with Crippen LogP contribution in [0, 0.1) is 0 Å². The smallest absolute Gasteiger partial charge is 0.146 e. The maximum Gasteiger partial charge on any atom is 0.146 e. The zero-order valence-corrected chi connectivity index (χ0v) is 29.5. The number of pyridine rings is 1. The maximum atomic E-state index is 5.46. The van der Waals surface area contributed by atoms with Gasteiger partial charge in [0.15, 0.2) is 0 Å². The van der Waals surface area contributed by atoms with Crippen molar-refractivity contribution in [2.45, 2.75) is 0 Å². The SMILES string of the molecule is c1ccc(-n2c3ccccc3c3cc(-c4cccc5c6cc7ccccc7c7c8c9c%10cccc%11c%12ccccc%12n(c9cnc8n(c45)c67)c%11%10)ccc32)cc1. The Kier molecular flexibility index (Phi) is 4.99. The van der Waals surface area contributed by atoms with Crippen molar-refractivity contribution in [2.75, 3.05) is 0 Å². The summed E-state index contributed by atoms with van der Waals surface area (Å²) < 4.78 is 7.32. The van der Waals surface area contributed by atoms with Gasteiger partial charge in [-0.25, -0.2) is 4.98 Å². The van der Waals surface area contributed by atoms with E-state index in [1.165, 1.54) is 115 Å². The molecule has 0 atom stereocenters. The minimum atomic E-state index is 1.01. The molecule has 6 aromatic heterocycles. The second-order valence-electron chi connectivity index (χ2n) is 15.1. The van der Waals surface area contributed by atoms with Gasteiger partial charge in [0, 0.05) is 65.1 Å². The number of aromatic nitrogens is 4. The van der Waals surface area contributed by atoms with E-state index in [0.29, 0.717) is 0 Å². The molecule has 6 heterocycles. The second kappa shape index (κ2) is 9.75. The molecule has 0 N–H and O–H groups in total. The van der Waals surface area contributed by atoms with Crippen molar-refractivity contribution in [3.63, 3.8) is 0 Å². The van der Waals surface area contributed by atoms with E-state index in [0.717, 1.165) is 11.2 Å². The van der Waals surface area contributed by atoms with Crippen LogP contribution in [0.2, 0.25) is 0 Å². The monoisotopic (exact) mass is 696 g/mol. The Bertz CT molecular complexity index is 3940. The van der Waals surface area contributed by atoms with Gasteiger partial charge in [-0.15, -0.1) is 0 Å². The lowest BCUT2D eigenvalue weighted by Gasteiger charge is -2.09. The average molecular weight is 697 g/mol. The van der Waals surface area contributed by atoms with Crippen LogP contribution in [0.25, 0.3) is 126 Å². The van der Waals surface area contributed by atoms with Crippen LogP contribution in [0.15, 0.2) is 170 Å². The van der Waals surface area contributed by atoms with Gasteiger partial charge >= 0.3 is 0 Å². The number of hydrogen-bond donors (Lipinski definition) is 0. The molecule has 0 aliphatic heterocycles. The Labute approximate surface area is 313 Å². The molecular formula is C51H28N4. The van der Waals surface area contributed by atoms with Crippen LogP contribution in [0.1, 0.15) is 0 Å². The molecule has 0 amide bonds. The third-order valence-corrected chi connectivity index (χ3v) is 12.5. The van der Waals surface area contributed by atoms with Crippen LogP contribution in [0.5, 0.6) is 0 Å². The van der Waals surface area contributed by atoms with E-state index in [1.54, 1.807) is 0 Å². The fourth-order valence-corrected chi connectivity index (χ4v) is 10.4. The number of hydrogen-bond acceptors (Lipinski definition) is 1. The highest BCUT2D eigenvalue weighted by atomic mass is 15.0. The minimum absolute atomic E-state index is 1.01. The largest absolute Gasteiger partial charge is 0.309 e. The van der Waals surface area contributed by atoms with Gasteiger partial charge in [-0.3, -0.25) is 4.40 Å². The lowest BCUT2D eigenvalue weighted by atomic mass is 9.97. The fourth-order valence-electron chi connectivity index (χ4n) is 10.4. The fraction of sp³-hybridized carbons (Fsp3) is 0. The van der Waals surface area contributed by atoms with Crippen LogP contribution < -0.4 is 0 Å². The van der Waals surface area contributed by atoms with E-state index in [9.17, 15) is 0 Å². The molecular weight excluding hydrogens is 669 g/mol. The first kappa shape index (κ1) is 28.1. The standard InChI is InChI=1S/C51H28N4/c1-2-13-31(14-3-1)53-41-22-8-7-17-35(41)39-26-30(24-25-43(39)53)33-18-10-20-37-40-27-29-12-4-5-15-32(29)46-47-45-38-21-11-19-36-34-16-6-9-23-42(34)54(49(36)38)44(45)28-52-51(47)55(48(33)37)50(40)46/h1-28H. The Hall–Kier alpha value is -7.43. The van der Waals surface area contributed by atoms with Crippen molar-refractivity contribution >= 4 is 109 Å². The summed E-state index contributed by atoms with van der Waals surface area (Å²) in [7, 11) is 0. The van der Waals surface area contributed by atoms with Gasteiger partial charge in [0.05, 0.1) is 44.8 Å². The molecule has 14 rings (SSSR count). The Morgan fingerprint density at radius 3 is 1.91 bits per heavy atom. The van der Waals surface area contributed by atoms with Crippen molar-refractivity contribution in [3.8, 4) is 16.8 Å². The Balaban J connectivity index is 1.16. The topological polar surface area (TPSA) is 26.6 Å². The van der Waals surface area contributed by atoms with Crippen molar-refractivity contribution in [1.82, 2.24) is 18.4 Å². The average Bonchev–Trinajstić information content (AvgIpc) is 4.03. The first-order valence-electron chi connectivity index (χ1n) is 19.0. The van der Waals surface area contributed by atoms with Gasteiger partial charge in [-0.1, -0.05) is 121 Å². The van der Waals surface area contributed by atoms with Crippen molar-refractivity contribution in [3.05, 3.63) is 170 Å². The van der Waals surface area contributed by atoms with E-state index < -0.39 is 0 Å². The summed E-state index contributed by atoms with van der Waals surface area (Å²) >= 11 is 0. The van der Waals surface area contributed by atoms with Gasteiger partial charge in [-0.2, -0.15) is 0 Å². The van der Waals surface area contributed by atoms with Crippen LogP contribution in [0.4, 0.5) is 0 Å². The van der Waals surface area contributed by atoms with Gasteiger partial charge < -0.3 is 8.97 Å². The molecule has 0 radical (unpaired) electrons. The van der Waals surface area contributed by atoms with Gasteiger partial charge in [0.1, 0.15) is 5.65 Å². The first-order chi connectivity index (χ1) is 27.3. The Morgan fingerprint density at radius 1 is 0.364 bits per heavy atom. The summed E-state index contributed by atoms with van der Waals surface area (Å²) in [5.41, 5.74) is 13.1. The summed E-state index contributed by atoms with van der Waals surface area (Å²) in [6, 6.07) is 60.2. The molecule has 55 heavy (non-hydrogen) atoms. The minimum Gasteiger partial charge on any atom is -0.309 e. The molecule has 0 aliphatic rings. The second-order valence-corrected chi connectivity index (χ2v) is 15.1. The number of fused-ring (bicyclic) bond motifs is 18. The zero-order chi connectivity index (χ0) is 35.5. The summed E-state index contributed by atoms with van der Waals surface area (Å²) in [6.45, 7) is 0. The normalized spacial score (nSPS) is 12.7. The van der Waals surface area contributed by atoms with E-state index in [1.807, 2.05) is 0 Å². The summed E-state index contributed by atoms with van der Waals surface area (Å²) in [5, 5.41) is 15.2. The van der Waals surface area contributed by atoms with Crippen LogP contribution in [-0.4, -0.2) is 18.4 Å².